The van der Waals surface area contributed by atoms with Gasteiger partial charge >= 0.3 is 0 Å². The molecule has 1 amide bonds. The molecule has 0 aromatic heterocycles. The van der Waals surface area contributed by atoms with E-state index >= 15 is 0 Å². The van der Waals surface area contributed by atoms with Gasteiger partial charge in [-0.2, -0.15) is 0 Å². The Morgan fingerprint density at radius 1 is 1.35 bits per heavy atom. The topological polar surface area (TPSA) is 32.3 Å². The fourth-order valence-electron chi connectivity index (χ4n) is 2.41. The van der Waals surface area contributed by atoms with Gasteiger partial charge in [0.25, 0.3) is 0 Å². The van der Waals surface area contributed by atoms with Crippen LogP contribution in [0.2, 0.25) is 0 Å². The fraction of sp³-hybridized carbons (Fsp3) is 0.500. The number of likely N-dealkylation sites (N-methyl/N-ethyl adjacent to an activating group) is 1. The maximum atomic E-state index is 12.3. The first kappa shape index (κ1) is 12.1. The Kier molecular flexibility index (Phi) is 3.48. The van der Waals surface area contributed by atoms with Crippen LogP contribution in [0.5, 0.6) is 0 Å². The second kappa shape index (κ2) is 4.88. The quantitative estimate of drug-likeness (QED) is 0.846. The van der Waals surface area contributed by atoms with Gasteiger partial charge in [-0.15, -0.1) is 0 Å². The van der Waals surface area contributed by atoms with Gasteiger partial charge in [0, 0.05) is 12.2 Å². The maximum absolute atomic E-state index is 12.3. The van der Waals surface area contributed by atoms with E-state index in [0.29, 0.717) is 0 Å². The number of carbonyl (C=O) groups is 1. The normalized spacial score (nSPS) is 20.8. The Morgan fingerprint density at radius 2 is 2.12 bits per heavy atom. The van der Waals surface area contributed by atoms with Crippen molar-refractivity contribution in [2.24, 2.45) is 0 Å². The smallest absolute Gasteiger partial charge is 0.244 e. The van der Waals surface area contributed by atoms with Gasteiger partial charge in [0.05, 0.1) is 6.04 Å². The van der Waals surface area contributed by atoms with Crippen LogP contribution in [0.4, 0.5) is 5.69 Å². The van der Waals surface area contributed by atoms with Crippen molar-refractivity contribution in [3.8, 4) is 0 Å². The summed E-state index contributed by atoms with van der Waals surface area (Å²) in [5, 5.41) is 3.10. The molecule has 3 heteroatoms. The number of rotatable bonds is 2. The summed E-state index contributed by atoms with van der Waals surface area (Å²) in [7, 11) is 1.86. The van der Waals surface area contributed by atoms with Gasteiger partial charge in [0.15, 0.2) is 0 Å². The zero-order chi connectivity index (χ0) is 12.4. The van der Waals surface area contributed by atoms with Crippen LogP contribution in [0.15, 0.2) is 18.2 Å². The molecule has 1 fully saturated rings. The van der Waals surface area contributed by atoms with E-state index in [9.17, 15) is 4.79 Å². The van der Waals surface area contributed by atoms with E-state index in [-0.39, 0.29) is 11.9 Å². The summed E-state index contributed by atoms with van der Waals surface area (Å²) in [6.07, 6.45) is 2.00. The van der Waals surface area contributed by atoms with Gasteiger partial charge in [-0.05, 0) is 50.9 Å². The van der Waals surface area contributed by atoms with Crippen LogP contribution in [0.1, 0.15) is 24.0 Å². The van der Waals surface area contributed by atoms with Gasteiger partial charge < -0.3 is 10.2 Å². The van der Waals surface area contributed by atoms with Crippen molar-refractivity contribution in [1.29, 1.82) is 0 Å². The van der Waals surface area contributed by atoms with Crippen LogP contribution in [-0.4, -0.2) is 25.5 Å². The second-order valence-corrected chi connectivity index (χ2v) is 4.69. The number of nitrogens with one attached hydrogen (secondary N) is 1. The van der Waals surface area contributed by atoms with Crippen LogP contribution < -0.4 is 10.2 Å². The molecule has 0 aliphatic carbocycles. The number of carbonyl (C=O) groups excluding carboxylic acids is 1. The van der Waals surface area contributed by atoms with Crippen molar-refractivity contribution in [3.05, 3.63) is 29.3 Å². The molecule has 1 aliphatic rings. The highest BCUT2D eigenvalue weighted by atomic mass is 16.2. The van der Waals surface area contributed by atoms with E-state index in [1.807, 2.05) is 24.1 Å². The second-order valence-electron chi connectivity index (χ2n) is 4.69. The molecule has 1 aromatic carbocycles. The van der Waals surface area contributed by atoms with Crippen LogP contribution in [0.25, 0.3) is 0 Å². The fourth-order valence-corrected chi connectivity index (χ4v) is 2.41. The van der Waals surface area contributed by atoms with E-state index in [0.717, 1.165) is 25.1 Å². The summed E-state index contributed by atoms with van der Waals surface area (Å²) in [4.78, 5) is 14.2. The molecule has 1 aliphatic heterocycles. The Bertz CT molecular complexity index is 428. The highest BCUT2D eigenvalue weighted by Crippen LogP contribution is 2.26. The lowest BCUT2D eigenvalue weighted by atomic mass is 10.0. The molecule has 0 bridgehead atoms. The van der Waals surface area contributed by atoms with Crippen molar-refractivity contribution in [2.45, 2.75) is 32.7 Å². The Hall–Kier alpha value is -1.35. The minimum atomic E-state index is -0.0244. The van der Waals surface area contributed by atoms with E-state index in [1.165, 1.54) is 11.1 Å². The standard InChI is InChI=1S/C14H20N2O/c1-10-6-4-8-13(11(10)2)16-9-5-7-12(15-3)14(16)17/h4,6,8,12,15H,5,7,9H2,1-3H3. The molecule has 1 saturated heterocycles. The molecule has 1 N–H and O–H groups in total. The number of aryl methyl sites for hydroxylation is 1. The lowest BCUT2D eigenvalue weighted by Crippen LogP contribution is -2.50. The maximum Gasteiger partial charge on any atom is 0.244 e. The summed E-state index contributed by atoms with van der Waals surface area (Å²) < 4.78 is 0. The SMILES string of the molecule is CNC1CCCN(c2cccc(C)c2C)C1=O. The summed E-state index contributed by atoms with van der Waals surface area (Å²) >= 11 is 0. The first-order valence-electron chi connectivity index (χ1n) is 6.20. The van der Waals surface area contributed by atoms with Gasteiger partial charge in [-0.3, -0.25) is 4.79 Å². The zero-order valence-corrected chi connectivity index (χ0v) is 10.8. The third kappa shape index (κ3) is 2.20. The molecule has 1 atom stereocenters. The molecule has 0 spiro atoms. The van der Waals surface area contributed by atoms with Crippen molar-refractivity contribution in [2.75, 3.05) is 18.5 Å². The summed E-state index contributed by atoms with van der Waals surface area (Å²) in [6, 6.07) is 6.12. The van der Waals surface area contributed by atoms with E-state index in [1.54, 1.807) is 0 Å². The molecule has 92 valence electrons. The van der Waals surface area contributed by atoms with Crippen molar-refractivity contribution >= 4 is 11.6 Å². The minimum absolute atomic E-state index is 0.0244. The molecule has 1 heterocycles. The number of anilines is 1. The van der Waals surface area contributed by atoms with E-state index in [4.69, 9.17) is 0 Å². The molecule has 2 rings (SSSR count). The van der Waals surface area contributed by atoms with Crippen LogP contribution in [0.3, 0.4) is 0 Å². The molecule has 1 unspecified atom stereocenters. The lowest BCUT2D eigenvalue weighted by molar-refractivity contribution is -0.121. The Balaban J connectivity index is 2.33. The van der Waals surface area contributed by atoms with Crippen LogP contribution in [0, 0.1) is 13.8 Å². The predicted molar refractivity (Wildman–Crippen MR) is 70.4 cm³/mol. The summed E-state index contributed by atoms with van der Waals surface area (Å²) in [5.74, 6) is 0.201. The molecule has 3 nitrogen and oxygen atoms in total. The van der Waals surface area contributed by atoms with Gasteiger partial charge in [0.2, 0.25) is 5.91 Å². The van der Waals surface area contributed by atoms with Gasteiger partial charge in [-0.1, -0.05) is 12.1 Å². The number of benzene rings is 1. The van der Waals surface area contributed by atoms with Crippen molar-refractivity contribution in [1.82, 2.24) is 5.32 Å². The van der Waals surface area contributed by atoms with Crippen LogP contribution in [-0.2, 0) is 4.79 Å². The molecule has 0 saturated carbocycles. The average molecular weight is 232 g/mol. The molecule has 1 aromatic rings. The van der Waals surface area contributed by atoms with Crippen molar-refractivity contribution in [3.63, 3.8) is 0 Å². The minimum Gasteiger partial charge on any atom is -0.311 e. The third-order valence-corrected chi connectivity index (χ3v) is 3.65. The first-order chi connectivity index (χ1) is 8.15. The monoisotopic (exact) mass is 232 g/mol. The van der Waals surface area contributed by atoms with Gasteiger partial charge in [-0.25, -0.2) is 0 Å². The highest BCUT2D eigenvalue weighted by Gasteiger charge is 2.29. The number of nitrogens with zero attached hydrogens (tertiary/aromatic N) is 1. The Labute approximate surface area is 103 Å². The molecule has 0 radical (unpaired) electrons. The molecular formula is C14H20N2O. The first-order valence-corrected chi connectivity index (χ1v) is 6.20. The summed E-state index contributed by atoms with van der Waals surface area (Å²) in [5.41, 5.74) is 3.51. The summed E-state index contributed by atoms with van der Waals surface area (Å²) in [6.45, 7) is 5.01. The van der Waals surface area contributed by atoms with Gasteiger partial charge in [0.1, 0.15) is 0 Å². The zero-order valence-electron chi connectivity index (χ0n) is 10.8. The van der Waals surface area contributed by atoms with E-state index < -0.39 is 0 Å². The average Bonchev–Trinajstić information content (AvgIpc) is 2.33. The Morgan fingerprint density at radius 3 is 2.82 bits per heavy atom. The molecular weight excluding hydrogens is 212 g/mol. The number of hydrogen-bond acceptors (Lipinski definition) is 2. The predicted octanol–water partition coefficient (Wildman–Crippen LogP) is 2.02. The largest absolute Gasteiger partial charge is 0.311 e. The highest BCUT2D eigenvalue weighted by molar-refractivity contribution is 5.98. The van der Waals surface area contributed by atoms with Crippen molar-refractivity contribution < 1.29 is 4.79 Å². The van der Waals surface area contributed by atoms with E-state index in [2.05, 4.69) is 25.2 Å². The third-order valence-electron chi connectivity index (χ3n) is 3.65. The number of piperidine rings is 1. The lowest BCUT2D eigenvalue weighted by Gasteiger charge is -2.33. The molecule has 17 heavy (non-hydrogen) atoms. The number of hydrogen-bond donors (Lipinski definition) is 1. The number of amides is 1. The van der Waals surface area contributed by atoms with Crippen LogP contribution >= 0.6 is 0 Å².